The SMILES string of the molecule is O=C(CN1C(=O)N[C@@]2(CCCc3ccccc32)C1=O)Nc1cccc(F)c1. The first-order valence-electron chi connectivity index (χ1n) is 8.77. The summed E-state index contributed by atoms with van der Waals surface area (Å²) in [6.45, 7) is -0.425. The number of anilines is 1. The quantitative estimate of drug-likeness (QED) is 0.819. The van der Waals surface area contributed by atoms with Crippen LogP contribution in [-0.2, 0) is 21.5 Å². The molecule has 2 aliphatic rings. The van der Waals surface area contributed by atoms with E-state index in [0.717, 1.165) is 28.9 Å². The molecule has 2 N–H and O–H groups in total. The first kappa shape index (κ1) is 17.2. The van der Waals surface area contributed by atoms with Crippen LogP contribution in [0.5, 0.6) is 0 Å². The lowest BCUT2D eigenvalue weighted by Crippen LogP contribution is -2.47. The molecule has 2 aromatic rings. The average molecular weight is 367 g/mol. The van der Waals surface area contributed by atoms with Crippen molar-refractivity contribution in [1.82, 2.24) is 10.2 Å². The molecule has 138 valence electrons. The molecule has 7 heteroatoms. The van der Waals surface area contributed by atoms with Crippen LogP contribution in [-0.4, -0.2) is 29.3 Å². The van der Waals surface area contributed by atoms with Crippen LogP contribution in [0, 0.1) is 5.82 Å². The fourth-order valence-electron chi connectivity index (χ4n) is 3.87. The molecule has 0 bridgehead atoms. The van der Waals surface area contributed by atoms with Crippen molar-refractivity contribution in [1.29, 1.82) is 0 Å². The monoisotopic (exact) mass is 367 g/mol. The summed E-state index contributed by atoms with van der Waals surface area (Å²) in [5, 5.41) is 5.31. The van der Waals surface area contributed by atoms with Crippen LogP contribution in [0.4, 0.5) is 14.9 Å². The molecule has 0 unspecified atom stereocenters. The second-order valence-electron chi connectivity index (χ2n) is 6.80. The molecule has 0 radical (unpaired) electrons. The Morgan fingerprint density at radius 2 is 2.00 bits per heavy atom. The summed E-state index contributed by atoms with van der Waals surface area (Å²) < 4.78 is 13.2. The fraction of sp³-hybridized carbons (Fsp3) is 0.250. The zero-order chi connectivity index (χ0) is 19.0. The van der Waals surface area contributed by atoms with Crippen LogP contribution in [0.1, 0.15) is 24.0 Å². The molecule has 4 rings (SSSR count). The van der Waals surface area contributed by atoms with Gasteiger partial charge in [-0.3, -0.25) is 14.5 Å². The van der Waals surface area contributed by atoms with Crippen LogP contribution in [0.3, 0.4) is 0 Å². The number of hydrogen-bond acceptors (Lipinski definition) is 3. The van der Waals surface area contributed by atoms with Crippen molar-refractivity contribution in [3.05, 3.63) is 65.5 Å². The summed E-state index contributed by atoms with van der Waals surface area (Å²) in [6, 6.07) is 12.4. The Morgan fingerprint density at radius 3 is 2.81 bits per heavy atom. The number of fused-ring (bicyclic) bond motifs is 2. The van der Waals surface area contributed by atoms with Gasteiger partial charge in [0.15, 0.2) is 0 Å². The van der Waals surface area contributed by atoms with Gasteiger partial charge in [0.2, 0.25) is 5.91 Å². The lowest BCUT2D eigenvalue weighted by Gasteiger charge is -2.33. The summed E-state index contributed by atoms with van der Waals surface area (Å²) >= 11 is 0. The standard InChI is InChI=1S/C20H18FN3O3/c21-14-7-3-8-15(11-14)22-17(25)12-24-18(26)20(23-19(24)27)10-4-6-13-5-1-2-9-16(13)20/h1-3,5,7-9,11H,4,6,10,12H2,(H,22,25)(H,23,27)/t20-/m1/s1. The number of hydrogen-bond donors (Lipinski definition) is 2. The van der Waals surface area contributed by atoms with Gasteiger partial charge < -0.3 is 10.6 Å². The Kier molecular flexibility index (Phi) is 4.14. The van der Waals surface area contributed by atoms with Gasteiger partial charge in [0.1, 0.15) is 17.9 Å². The molecular formula is C20H18FN3O3. The van der Waals surface area contributed by atoms with Gasteiger partial charge in [-0.05, 0) is 48.6 Å². The molecule has 27 heavy (non-hydrogen) atoms. The van der Waals surface area contributed by atoms with Gasteiger partial charge >= 0.3 is 6.03 Å². The maximum Gasteiger partial charge on any atom is 0.325 e. The molecule has 4 amide bonds. The van der Waals surface area contributed by atoms with Gasteiger partial charge in [-0.15, -0.1) is 0 Å². The summed E-state index contributed by atoms with van der Waals surface area (Å²) in [5.41, 5.74) is 0.987. The first-order chi connectivity index (χ1) is 13.0. The van der Waals surface area contributed by atoms with E-state index in [-0.39, 0.29) is 5.69 Å². The van der Waals surface area contributed by atoms with E-state index >= 15 is 0 Å². The van der Waals surface area contributed by atoms with Crippen molar-refractivity contribution in [3.8, 4) is 0 Å². The van der Waals surface area contributed by atoms with Crippen molar-refractivity contribution < 1.29 is 18.8 Å². The van der Waals surface area contributed by atoms with Crippen molar-refractivity contribution in [2.45, 2.75) is 24.8 Å². The highest BCUT2D eigenvalue weighted by atomic mass is 19.1. The third-order valence-corrected chi connectivity index (χ3v) is 5.06. The Hall–Kier alpha value is -3.22. The molecule has 0 aromatic heterocycles. The molecule has 1 spiro atoms. The second-order valence-corrected chi connectivity index (χ2v) is 6.80. The van der Waals surface area contributed by atoms with Gasteiger partial charge in [-0.2, -0.15) is 0 Å². The molecule has 1 aliphatic carbocycles. The maximum absolute atomic E-state index is 13.2. The molecule has 2 aromatic carbocycles. The predicted octanol–water partition coefficient (Wildman–Crippen LogP) is 2.55. The fourth-order valence-corrected chi connectivity index (χ4v) is 3.87. The Bertz CT molecular complexity index is 946. The van der Waals surface area contributed by atoms with Crippen molar-refractivity contribution in [2.24, 2.45) is 0 Å². The molecule has 0 saturated carbocycles. The number of halogens is 1. The lowest BCUT2D eigenvalue weighted by atomic mass is 9.76. The van der Waals surface area contributed by atoms with E-state index in [2.05, 4.69) is 10.6 Å². The third kappa shape index (κ3) is 2.95. The Morgan fingerprint density at radius 1 is 1.19 bits per heavy atom. The molecule has 1 fully saturated rings. The molecule has 1 aliphatic heterocycles. The number of amides is 4. The largest absolute Gasteiger partial charge is 0.325 e. The van der Waals surface area contributed by atoms with E-state index in [1.807, 2.05) is 24.3 Å². The number of imide groups is 1. The van der Waals surface area contributed by atoms with E-state index < -0.39 is 35.7 Å². The van der Waals surface area contributed by atoms with E-state index in [4.69, 9.17) is 0 Å². The summed E-state index contributed by atoms with van der Waals surface area (Å²) in [7, 11) is 0. The van der Waals surface area contributed by atoms with Crippen LogP contribution in [0.2, 0.25) is 0 Å². The minimum Gasteiger partial charge on any atom is -0.324 e. The lowest BCUT2D eigenvalue weighted by molar-refractivity contribution is -0.134. The van der Waals surface area contributed by atoms with Gasteiger partial charge in [-0.1, -0.05) is 30.3 Å². The zero-order valence-electron chi connectivity index (χ0n) is 14.5. The molecule has 6 nitrogen and oxygen atoms in total. The van der Waals surface area contributed by atoms with Gasteiger partial charge in [0.25, 0.3) is 5.91 Å². The number of carbonyl (C=O) groups is 3. The minimum absolute atomic E-state index is 0.268. The molecule has 1 saturated heterocycles. The Labute approximate surface area is 155 Å². The van der Waals surface area contributed by atoms with Crippen molar-refractivity contribution in [3.63, 3.8) is 0 Å². The minimum atomic E-state index is -1.11. The number of nitrogens with one attached hydrogen (secondary N) is 2. The molecular weight excluding hydrogens is 349 g/mol. The number of urea groups is 1. The third-order valence-electron chi connectivity index (χ3n) is 5.06. The van der Waals surface area contributed by atoms with E-state index in [1.54, 1.807) is 0 Å². The summed E-state index contributed by atoms with van der Waals surface area (Å²) in [5.74, 6) is -1.47. The van der Waals surface area contributed by atoms with Gasteiger partial charge in [0.05, 0.1) is 0 Å². The van der Waals surface area contributed by atoms with Gasteiger partial charge in [-0.25, -0.2) is 9.18 Å². The first-order valence-corrected chi connectivity index (χ1v) is 8.77. The van der Waals surface area contributed by atoms with Crippen molar-refractivity contribution >= 4 is 23.5 Å². The molecule has 1 atom stereocenters. The maximum atomic E-state index is 13.2. The van der Waals surface area contributed by atoms with Crippen LogP contribution < -0.4 is 10.6 Å². The highest BCUT2D eigenvalue weighted by Gasteiger charge is 2.54. The average Bonchev–Trinajstić information content (AvgIpc) is 2.87. The summed E-state index contributed by atoms with van der Waals surface area (Å²) in [6.07, 6.45) is 2.12. The van der Waals surface area contributed by atoms with Crippen molar-refractivity contribution in [2.75, 3.05) is 11.9 Å². The number of carbonyl (C=O) groups excluding carboxylic acids is 3. The highest BCUT2D eigenvalue weighted by molar-refractivity contribution is 6.10. The highest BCUT2D eigenvalue weighted by Crippen LogP contribution is 2.39. The van der Waals surface area contributed by atoms with Crippen LogP contribution >= 0.6 is 0 Å². The topological polar surface area (TPSA) is 78.5 Å². The molecule has 1 heterocycles. The number of benzene rings is 2. The normalized spacial score (nSPS) is 21.1. The zero-order valence-corrected chi connectivity index (χ0v) is 14.5. The van der Waals surface area contributed by atoms with E-state index in [1.165, 1.54) is 24.3 Å². The van der Waals surface area contributed by atoms with Gasteiger partial charge in [0, 0.05) is 5.69 Å². The smallest absolute Gasteiger partial charge is 0.324 e. The van der Waals surface area contributed by atoms with E-state index in [9.17, 15) is 18.8 Å². The van der Waals surface area contributed by atoms with E-state index in [0.29, 0.717) is 6.42 Å². The predicted molar refractivity (Wildman–Crippen MR) is 96.3 cm³/mol. The number of nitrogens with zero attached hydrogens (tertiary/aromatic N) is 1. The van der Waals surface area contributed by atoms with Crippen LogP contribution in [0.25, 0.3) is 0 Å². The number of aryl methyl sites for hydroxylation is 1. The Balaban J connectivity index is 1.55. The summed E-state index contributed by atoms with van der Waals surface area (Å²) in [4.78, 5) is 38.8. The second kappa shape index (κ2) is 6.50. The number of rotatable bonds is 3. The van der Waals surface area contributed by atoms with Crippen LogP contribution in [0.15, 0.2) is 48.5 Å².